The zero-order chi connectivity index (χ0) is 20.1. The number of ketones is 1. The van der Waals surface area contributed by atoms with Crippen LogP contribution in [0.1, 0.15) is 60.0 Å². The van der Waals surface area contributed by atoms with Gasteiger partial charge in [-0.05, 0) is 61.8 Å². The van der Waals surface area contributed by atoms with Crippen molar-refractivity contribution in [3.8, 4) is 0 Å². The molecule has 1 aliphatic heterocycles. The molecule has 1 aromatic carbocycles. The topological polar surface area (TPSA) is 75.2 Å². The van der Waals surface area contributed by atoms with Crippen LogP contribution in [0.2, 0.25) is 0 Å². The number of carbonyl (C=O) groups excluding carboxylic acids is 2. The molecule has 0 spiro atoms. The highest BCUT2D eigenvalue weighted by molar-refractivity contribution is 5.98. The minimum atomic E-state index is -0.0582. The van der Waals surface area contributed by atoms with Crippen LogP contribution < -0.4 is 10.2 Å². The number of nitrogens with one attached hydrogen (secondary N) is 1. The molecular formula is C23H28N4O2. The van der Waals surface area contributed by atoms with Gasteiger partial charge in [-0.15, -0.1) is 0 Å². The van der Waals surface area contributed by atoms with Gasteiger partial charge in [-0.1, -0.05) is 12.1 Å². The van der Waals surface area contributed by atoms with E-state index in [1.165, 1.54) is 24.0 Å². The summed E-state index contributed by atoms with van der Waals surface area (Å²) < 4.78 is 0. The molecule has 1 saturated heterocycles. The Labute approximate surface area is 171 Å². The van der Waals surface area contributed by atoms with Crippen molar-refractivity contribution < 1.29 is 9.59 Å². The third-order valence-corrected chi connectivity index (χ3v) is 5.87. The summed E-state index contributed by atoms with van der Waals surface area (Å²) in [5.74, 6) is 0.697. The Bertz CT molecular complexity index is 868. The number of rotatable bonds is 6. The van der Waals surface area contributed by atoms with Crippen LogP contribution in [0.5, 0.6) is 0 Å². The number of hydrogen-bond donors (Lipinski definition) is 1. The molecule has 0 saturated carbocycles. The van der Waals surface area contributed by atoms with Crippen molar-refractivity contribution in [3.05, 3.63) is 53.3 Å². The Morgan fingerprint density at radius 1 is 1.03 bits per heavy atom. The highest BCUT2D eigenvalue weighted by atomic mass is 16.2. The van der Waals surface area contributed by atoms with Crippen LogP contribution in [0.3, 0.4) is 0 Å². The monoisotopic (exact) mass is 392 g/mol. The van der Waals surface area contributed by atoms with Gasteiger partial charge in [0.1, 0.15) is 0 Å². The molecule has 1 aliphatic carbocycles. The molecule has 2 aromatic rings. The third-order valence-electron chi connectivity index (χ3n) is 5.87. The second-order valence-electron chi connectivity index (χ2n) is 8.02. The van der Waals surface area contributed by atoms with Crippen LogP contribution in [0.25, 0.3) is 0 Å². The fourth-order valence-corrected chi connectivity index (χ4v) is 4.31. The van der Waals surface area contributed by atoms with Crippen LogP contribution in [0.15, 0.2) is 36.7 Å². The molecule has 2 aliphatic rings. The van der Waals surface area contributed by atoms with E-state index < -0.39 is 0 Å². The first-order chi connectivity index (χ1) is 14.2. The lowest BCUT2D eigenvalue weighted by Crippen LogP contribution is -2.48. The fourth-order valence-electron chi connectivity index (χ4n) is 4.31. The lowest BCUT2D eigenvalue weighted by molar-refractivity contribution is -0.121. The van der Waals surface area contributed by atoms with E-state index in [-0.39, 0.29) is 30.6 Å². The van der Waals surface area contributed by atoms with Crippen LogP contribution in [-0.4, -0.2) is 40.8 Å². The maximum absolute atomic E-state index is 12.6. The van der Waals surface area contributed by atoms with E-state index in [9.17, 15) is 9.59 Å². The van der Waals surface area contributed by atoms with Crippen molar-refractivity contribution in [2.45, 2.75) is 57.4 Å². The Hall–Kier alpha value is -2.76. The predicted octanol–water partition coefficient (Wildman–Crippen LogP) is 3.10. The van der Waals surface area contributed by atoms with Crippen LogP contribution in [0, 0.1) is 0 Å². The molecule has 2 heterocycles. The molecule has 1 N–H and O–H groups in total. The summed E-state index contributed by atoms with van der Waals surface area (Å²) in [7, 11) is 0. The lowest BCUT2D eigenvalue weighted by Gasteiger charge is -2.33. The Morgan fingerprint density at radius 2 is 1.83 bits per heavy atom. The third kappa shape index (κ3) is 5.00. The second-order valence-corrected chi connectivity index (χ2v) is 8.02. The van der Waals surface area contributed by atoms with Gasteiger partial charge in [-0.3, -0.25) is 9.59 Å². The van der Waals surface area contributed by atoms with Gasteiger partial charge < -0.3 is 10.2 Å². The summed E-state index contributed by atoms with van der Waals surface area (Å²) in [4.78, 5) is 35.7. The summed E-state index contributed by atoms with van der Waals surface area (Å²) in [5, 5.41) is 3.09. The molecule has 1 unspecified atom stereocenters. The first-order valence-corrected chi connectivity index (χ1v) is 10.7. The highest BCUT2D eigenvalue weighted by Crippen LogP contribution is 2.23. The minimum absolute atomic E-state index is 0.0523. The Balaban J connectivity index is 1.27. The number of aryl methyl sites for hydroxylation is 2. The summed E-state index contributed by atoms with van der Waals surface area (Å²) >= 11 is 0. The van der Waals surface area contributed by atoms with Crippen molar-refractivity contribution in [1.29, 1.82) is 0 Å². The number of amides is 1. The average Bonchev–Trinajstić information content (AvgIpc) is 2.78. The van der Waals surface area contributed by atoms with Crippen molar-refractivity contribution in [2.24, 2.45) is 0 Å². The molecule has 1 atom stereocenters. The average molecular weight is 393 g/mol. The number of piperidine rings is 1. The van der Waals surface area contributed by atoms with Crippen LogP contribution >= 0.6 is 0 Å². The predicted molar refractivity (Wildman–Crippen MR) is 112 cm³/mol. The normalized spacial score (nSPS) is 18.8. The number of Topliss-reactive ketones (excluding diaryl/α,β-unsaturated/α-hetero) is 1. The van der Waals surface area contributed by atoms with E-state index in [0.717, 1.165) is 37.8 Å². The molecule has 29 heavy (non-hydrogen) atoms. The second kappa shape index (κ2) is 9.16. The number of nitrogens with zero attached hydrogens (tertiary/aromatic N) is 3. The van der Waals surface area contributed by atoms with Gasteiger partial charge in [-0.2, -0.15) is 0 Å². The molecule has 1 fully saturated rings. The van der Waals surface area contributed by atoms with E-state index in [1.54, 1.807) is 18.5 Å². The lowest BCUT2D eigenvalue weighted by atomic mass is 9.89. The van der Waals surface area contributed by atoms with E-state index in [4.69, 9.17) is 0 Å². The number of benzene rings is 1. The first kappa shape index (κ1) is 19.6. The SMILES string of the molecule is O=C(CCC(=O)c1ccc2c(c1)CCCC2)NC1CCCN(c2ncccn2)C1. The quantitative estimate of drug-likeness (QED) is 0.765. The van der Waals surface area contributed by atoms with E-state index in [0.29, 0.717) is 12.5 Å². The van der Waals surface area contributed by atoms with E-state index in [2.05, 4.69) is 26.3 Å². The molecule has 6 nitrogen and oxygen atoms in total. The molecule has 1 aromatic heterocycles. The number of hydrogen-bond acceptors (Lipinski definition) is 5. The summed E-state index contributed by atoms with van der Waals surface area (Å²) in [6.45, 7) is 1.60. The van der Waals surface area contributed by atoms with Crippen LogP contribution in [0.4, 0.5) is 5.95 Å². The van der Waals surface area contributed by atoms with E-state index >= 15 is 0 Å². The summed E-state index contributed by atoms with van der Waals surface area (Å²) in [6.07, 6.45) is 10.5. The van der Waals surface area contributed by atoms with Crippen molar-refractivity contribution in [2.75, 3.05) is 18.0 Å². The molecule has 152 valence electrons. The Morgan fingerprint density at radius 3 is 2.66 bits per heavy atom. The zero-order valence-corrected chi connectivity index (χ0v) is 16.8. The van der Waals surface area contributed by atoms with Crippen LogP contribution in [-0.2, 0) is 17.6 Å². The van der Waals surface area contributed by atoms with Crippen molar-refractivity contribution >= 4 is 17.6 Å². The number of aromatic nitrogens is 2. The van der Waals surface area contributed by atoms with Crippen molar-refractivity contribution in [3.63, 3.8) is 0 Å². The molecule has 4 rings (SSSR count). The molecule has 0 bridgehead atoms. The molecule has 6 heteroatoms. The van der Waals surface area contributed by atoms with Gasteiger partial charge in [0.05, 0.1) is 0 Å². The largest absolute Gasteiger partial charge is 0.352 e. The van der Waals surface area contributed by atoms with Gasteiger partial charge in [0, 0.05) is 49.9 Å². The van der Waals surface area contributed by atoms with E-state index in [1.807, 2.05) is 12.1 Å². The van der Waals surface area contributed by atoms with Gasteiger partial charge in [0.25, 0.3) is 0 Å². The number of carbonyl (C=O) groups is 2. The van der Waals surface area contributed by atoms with Gasteiger partial charge in [0.2, 0.25) is 11.9 Å². The smallest absolute Gasteiger partial charge is 0.225 e. The van der Waals surface area contributed by atoms with Gasteiger partial charge >= 0.3 is 0 Å². The molecule has 0 radical (unpaired) electrons. The maximum atomic E-state index is 12.6. The maximum Gasteiger partial charge on any atom is 0.225 e. The summed E-state index contributed by atoms with van der Waals surface area (Å²) in [5.41, 5.74) is 3.41. The first-order valence-electron chi connectivity index (χ1n) is 10.7. The molecular weight excluding hydrogens is 364 g/mol. The highest BCUT2D eigenvalue weighted by Gasteiger charge is 2.23. The number of anilines is 1. The zero-order valence-electron chi connectivity index (χ0n) is 16.8. The summed E-state index contributed by atoms with van der Waals surface area (Å²) in [6, 6.07) is 7.91. The van der Waals surface area contributed by atoms with Gasteiger partial charge in [-0.25, -0.2) is 9.97 Å². The fraction of sp³-hybridized carbons (Fsp3) is 0.478. The Kier molecular flexibility index (Phi) is 6.17. The van der Waals surface area contributed by atoms with Gasteiger partial charge in [0.15, 0.2) is 5.78 Å². The standard InChI is InChI=1S/C23H28N4O2/c28-21(19-9-8-17-5-1-2-6-18(17)15-19)10-11-22(29)26-20-7-3-14-27(16-20)23-24-12-4-13-25-23/h4,8-9,12-13,15,20H,1-3,5-7,10-11,14,16H2,(H,26,29). The molecule has 1 amide bonds. The van der Waals surface area contributed by atoms with Crippen molar-refractivity contribution in [1.82, 2.24) is 15.3 Å². The minimum Gasteiger partial charge on any atom is -0.352 e. The number of fused-ring (bicyclic) bond motifs is 1.